The van der Waals surface area contributed by atoms with Crippen molar-refractivity contribution >= 4 is 40.2 Å². The fraction of sp³-hybridized carbons (Fsp3) is 0.500. The van der Waals surface area contributed by atoms with Crippen molar-refractivity contribution in [2.75, 3.05) is 11.3 Å². The molecule has 0 saturated carbocycles. The van der Waals surface area contributed by atoms with Crippen molar-refractivity contribution in [3.8, 4) is 17.2 Å². The first-order valence-electron chi connectivity index (χ1n) is 11.2. The van der Waals surface area contributed by atoms with E-state index in [4.69, 9.17) is 32.1 Å². The summed E-state index contributed by atoms with van der Waals surface area (Å²) in [7, 11) is 0. The fourth-order valence-electron chi connectivity index (χ4n) is 3.31. The van der Waals surface area contributed by atoms with Crippen molar-refractivity contribution in [2.45, 2.75) is 65.2 Å². The number of halogens is 2. The monoisotopic (exact) mass is 501 g/mol. The summed E-state index contributed by atoms with van der Waals surface area (Å²) >= 11 is 10.5. The van der Waals surface area contributed by atoms with Gasteiger partial charge in [0.05, 0.1) is 22.3 Å². The van der Waals surface area contributed by atoms with Gasteiger partial charge < -0.3 is 14.0 Å². The number of phenols is 1. The van der Waals surface area contributed by atoms with E-state index in [0.717, 1.165) is 6.42 Å². The molecular formula is C24H33Cl2NO4S. The molecule has 0 aliphatic heterocycles. The molecule has 2 rings (SSSR count). The Bertz CT molecular complexity index is 866. The standard InChI is InChI=1S/C24H33Cl2NO4S/c1-3-5-7-8-10-18(9-6-4-2)17-30-24-14-12-20(16-22(24)26)31-32(29)27-23-13-11-19(28)15-21(23)25/h11-16,18,27-28H,3-10,17H2,1-2H3. The number of nitrogens with one attached hydrogen (secondary N) is 1. The molecule has 5 nitrogen and oxygen atoms in total. The van der Waals surface area contributed by atoms with Gasteiger partial charge in [-0.3, -0.25) is 4.72 Å². The summed E-state index contributed by atoms with van der Waals surface area (Å²) in [6.07, 6.45) is 9.73. The smallest absolute Gasteiger partial charge is 0.316 e. The van der Waals surface area contributed by atoms with Crippen molar-refractivity contribution in [1.29, 1.82) is 0 Å². The topological polar surface area (TPSA) is 67.8 Å². The third kappa shape index (κ3) is 9.47. The predicted molar refractivity (Wildman–Crippen MR) is 134 cm³/mol. The molecule has 0 aromatic heterocycles. The summed E-state index contributed by atoms with van der Waals surface area (Å²) in [6, 6.07) is 9.28. The van der Waals surface area contributed by atoms with E-state index in [2.05, 4.69) is 18.6 Å². The lowest BCUT2D eigenvalue weighted by Gasteiger charge is -2.18. The van der Waals surface area contributed by atoms with Crippen LogP contribution in [0.25, 0.3) is 0 Å². The number of ether oxygens (including phenoxy) is 1. The number of phenolic OH excluding ortho intramolecular Hbond substituents is 1. The second-order valence-corrected chi connectivity index (χ2v) is 9.50. The highest BCUT2D eigenvalue weighted by Gasteiger charge is 2.13. The molecule has 0 spiro atoms. The molecule has 2 atom stereocenters. The summed E-state index contributed by atoms with van der Waals surface area (Å²) in [4.78, 5) is 0. The number of benzene rings is 2. The lowest BCUT2D eigenvalue weighted by molar-refractivity contribution is 0.225. The zero-order valence-corrected chi connectivity index (χ0v) is 21.1. The molecule has 2 aromatic carbocycles. The van der Waals surface area contributed by atoms with Gasteiger partial charge in [-0.2, -0.15) is 4.21 Å². The molecule has 0 aliphatic carbocycles. The Morgan fingerprint density at radius 3 is 2.41 bits per heavy atom. The maximum Gasteiger partial charge on any atom is 0.316 e. The highest BCUT2D eigenvalue weighted by atomic mass is 35.5. The van der Waals surface area contributed by atoms with Crippen molar-refractivity contribution in [3.05, 3.63) is 46.4 Å². The molecule has 32 heavy (non-hydrogen) atoms. The Labute approximate surface area is 204 Å². The Morgan fingerprint density at radius 2 is 1.72 bits per heavy atom. The summed E-state index contributed by atoms with van der Waals surface area (Å²) in [5, 5.41) is 10.0. The number of aromatic hydroxyl groups is 1. The average molecular weight is 503 g/mol. The second-order valence-electron chi connectivity index (χ2n) is 7.85. The zero-order chi connectivity index (χ0) is 23.3. The maximum atomic E-state index is 12.3. The van der Waals surface area contributed by atoms with E-state index in [-0.39, 0.29) is 10.8 Å². The largest absolute Gasteiger partial charge is 0.508 e. The van der Waals surface area contributed by atoms with Crippen LogP contribution in [0, 0.1) is 5.92 Å². The predicted octanol–water partition coefficient (Wildman–Crippen LogP) is 7.92. The van der Waals surface area contributed by atoms with Crippen molar-refractivity contribution in [1.82, 2.24) is 0 Å². The van der Waals surface area contributed by atoms with Gasteiger partial charge >= 0.3 is 11.3 Å². The number of rotatable bonds is 15. The van der Waals surface area contributed by atoms with Crippen LogP contribution in [-0.2, 0) is 11.3 Å². The van der Waals surface area contributed by atoms with Gasteiger partial charge in [-0.15, -0.1) is 0 Å². The molecule has 0 bridgehead atoms. The minimum absolute atomic E-state index is 0.0208. The van der Waals surface area contributed by atoms with Gasteiger partial charge in [0.2, 0.25) is 0 Å². The van der Waals surface area contributed by atoms with E-state index in [0.29, 0.717) is 34.7 Å². The van der Waals surface area contributed by atoms with E-state index in [1.165, 1.54) is 63.1 Å². The minimum atomic E-state index is -1.89. The summed E-state index contributed by atoms with van der Waals surface area (Å²) in [6.45, 7) is 5.07. The molecule has 0 heterocycles. The van der Waals surface area contributed by atoms with Gasteiger partial charge in [0.25, 0.3) is 0 Å². The van der Waals surface area contributed by atoms with Crippen LogP contribution in [0.3, 0.4) is 0 Å². The number of anilines is 1. The molecule has 0 radical (unpaired) electrons. The molecule has 0 saturated heterocycles. The molecular weight excluding hydrogens is 469 g/mol. The Kier molecular flexibility index (Phi) is 12.1. The summed E-state index contributed by atoms with van der Waals surface area (Å²) in [5.74, 6) is 1.47. The number of unbranched alkanes of at least 4 members (excludes halogenated alkanes) is 4. The van der Waals surface area contributed by atoms with E-state index in [1.54, 1.807) is 18.2 Å². The van der Waals surface area contributed by atoms with E-state index in [1.807, 2.05) is 0 Å². The SMILES string of the molecule is CCCCCCC(CCCC)COc1ccc(OS(=O)Nc2ccc(O)cc2Cl)cc1Cl. The van der Waals surface area contributed by atoms with Gasteiger partial charge in [-0.05, 0) is 43.0 Å². The summed E-state index contributed by atoms with van der Waals surface area (Å²) in [5.41, 5.74) is 0.380. The summed E-state index contributed by atoms with van der Waals surface area (Å²) < 4.78 is 26.3. The van der Waals surface area contributed by atoms with Crippen LogP contribution in [-0.4, -0.2) is 15.9 Å². The number of hydrogen-bond acceptors (Lipinski definition) is 4. The highest BCUT2D eigenvalue weighted by Crippen LogP contribution is 2.31. The Balaban J connectivity index is 1.89. The first-order chi connectivity index (χ1) is 15.4. The number of hydrogen-bond donors (Lipinski definition) is 2. The molecule has 0 aliphatic rings. The first kappa shape index (κ1) is 26.6. The van der Waals surface area contributed by atoms with E-state index >= 15 is 0 Å². The van der Waals surface area contributed by atoms with Crippen LogP contribution in [0.4, 0.5) is 5.69 Å². The molecule has 2 unspecified atom stereocenters. The lowest BCUT2D eigenvalue weighted by Crippen LogP contribution is -2.13. The molecule has 2 aromatic rings. The molecule has 0 fully saturated rings. The molecule has 2 N–H and O–H groups in total. The van der Waals surface area contributed by atoms with Gasteiger partial charge in [0.1, 0.15) is 17.2 Å². The van der Waals surface area contributed by atoms with Crippen LogP contribution >= 0.6 is 23.2 Å². The first-order valence-corrected chi connectivity index (χ1v) is 13.0. The van der Waals surface area contributed by atoms with E-state index in [9.17, 15) is 9.32 Å². The van der Waals surface area contributed by atoms with Crippen LogP contribution in [0.15, 0.2) is 36.4 Å². The maximum absolute atomic E-state index is 12.3. The molecule has 0 amide bonds. The van der Waals surface area contributed by atoms with Crippen LogP contribution in [0.2, 0.25) is 10.0 Å². The average Bonchev–Trinajstić information content (AvgIpc) is 2.75. The molecule has 8 heteroatoms. The van der Waals surface area contributed by atoms with Crippen molar-refractivity contribution in [2.24, 2.45) is 5.92 Å². The Hall–Kier alpha value is -1.63. The van der Waals surface area contributed by atoms with Crippen LogP contribution in [0.5, 0.6) is 17.2 Å². The minimum Gasteiger partial charge on any atom is -0.508 e. The third-order valence-corrected chi connectivity index (χ3v) is 6.47. The van der Waals surface area contributed by atoms with Crippen LogP contribution in [0.1, 0.15) is 65.2 Å². The fourth-order valence-corrected chi connectivity index (χ4v) is 4.49. The molecule has 178 valence electrons. The lowest BCUT2D eigenvalue weighted by atomic mass is 9.96. The Morgan fingerprint density at radius 1 is 0.969 bits per heavy atom. The normalized spacial score (nSPS) is 12.9. The van der Waals surface area contributed by atoms with E-state index < -0.39 is 11.3 Å². The zero-order valence-electron chi connectivity index (χ0n) is 18.7. The quantitative estimate of drug-likeness (QED) is 0.192. The van der Waals surface area contributed by atoms with Crippen molar-refractivity contribution < 1.29 is 18.2 Å². The van der Waals surface area contributed by atoms with Gasteiger partial charge in [-0.1, -0.05) is 75.6 Å². The van der Waals surface area contributed by atoms with Gasteiger partial charge in [0.15, 0.2) is 0 Å². The highest BCUT2D eigenvalue weighted by molar-refractivity contribution is 7.82. The van der Waals surface area contributed by atoms with Crippen LogP contribution < -0.4 is 13.6 Å². The third-order valence-electron chi connectivity index (χ3n) is 5.13. The second kappa shape index (κ2) is 14.5. The van der Waals surface area contributed by atoms with Gasteiger partial charge in [0, 0.05) is 12.1 Å². The van der Waals surface area contributed by atoms with Crippen molar-refractivity contribution in [3.63, 3.8) is 0 Å². The van der Waals surface area contributed by atoms with Gasteiger partial charge in [-0.25, -0.2) is 0 Å².